The molecule has 1 unspecified atom stereocenters. The van der Waals surface area contributed by atoms with Crippen LogP contribution in [0.5, 0.6) is 0 Å². The molecule has 0 aliphatic heterocycles. The number of thioether (sulfide) groups is 1. The molecule has 0 radical (unpaired) electrons. The van der Waals surface area contributed by atoms with Gasteiger partial charge in [0.2, 0.25) is 0 Å². The molecule has 2 rings (SSSR count). The first-order chi connectivity index (χ1) is 7.24. The zero-order valence-electron chi connectivity index (χ0n) is 8.28. The van der Waals surface area contributed by atoms with Crippen LogP contribution >= 0.6 is 23.4 Å². The summed E-state index contributed by atoms with van der Waals surface area (Å²) in [6, 6.07) is 3.74. The van der Waals surface area contributed by atoms with Crippen molar-refractivity contribution >= 4 is 29.1 Å². The molecule has 80 valence electrons. The number of hydrogen-bond acceptors (Lipinski definition) is 3. The van der Waals surface area contributed by atoms with Crippen molar-refractivity contribution in [1.82, 2.24) is 4.98 Å². The fourth-order valence-corrected chi connectivity index (χ4v) is 2.96. The molecule has 4 heteroatoms. The molecule has 1 aromatic rings. The lowest BCUT2D eigenvalue weighted by Gasteiger charge is -2.19. The van der Waals surface area contributed by atoms with E-state index in [4.69, 9.17) is 11.6 Å². The number of Topliss-reactive ketones (excluding diaryl/α,β-unsaturated/α-hetero) is 1. The zero-order chi connectivity index (χ0) is 10.7. The van der Waals surface area contributed by atoms with Gasteiger partial charge < -0.3 is 0 Å². The first kappa shape index (κ1) is 11.0. The standard InChI is InChI=1S/C11H12ClNOS/c12-8-4-5-11(13-7-8)15-10-3-1-2-9(14)6-10/h4-5,7,10H,1-3,6H2. The van der Waals surface area contributed by atoms with Crippen LogP contribution < -0.4 is 0 Å². The van der Waals surface area contributed by atoms with Crippen LogP contribution in [0.3, 0.4) is 0 Å². The van der Waals surface area contributed by atoms with Gasteiger partial charge in [0.15, 0.2) is 0 Å². The van der Waals surface area contributed by atoms with Crippen molar-refractivity contribution in [2.24, 2.45) is 0 Å². The van der Waals surface area contributed by atoms with E-state index in [0.29, 0.717) is 22.5 Å². The third-order valence-corrected chi connectivity index (χ3v) is 3.87. The van der Waals surface area contributed by atoms with Gasteiger partial charge in [-0.1, -0.05) is 11.6 Å². The predicted molar refractivity (Wildman–Crippen MR) is 62.4 cm³/mol. The molecule has 2 nitrogen and oxygen atoms in total. The van der Waals surface area contributed by atoms with Crippen LogP contribution in [0.15, 0.2) is 23.4 Å². The summed E-state index contributed by atoms with van der Waals surface area (Å²) in [7, 11) is 0. The van der Waals surface area contributed by atoms with Crippen molar-refractivity contribution in [3.63, 3.8) is 0 Å². The van der Waals surface area contributed by atoms with Crippen LogP contribution in [0, 0.1) is 0 Å². The van der Waals surface area contributed by atoms with Crippen molar-refractivity contribution in [1.29, 1.82) is 0 Å². The van der Waals surface area contributed by atoms with Gasteiger partial charge in [-0.2, -0.15) is 0 Å². The summed E-state index contributed by atoms with van der Waals surface area (Å²) in [5.74, 6) is 0.382. The highest BCUT2D eigenvalue weighted by Gasteiger charge is 2.20. The van der Waals surface area contributed by atoms with E-state index < -0.39 is 0 Å². The average Bonchev–Trinajstić information content (AvgIpc) is 2.22. The number of carbonyl (C=O) groups excluding carboxylic acids is 1. The van der Waals surface area contributed by atoms with Gasteiger partial charge >= 0.3 is 0 Å². The Morgan fingerprint density at radius 1 is 1.47 bits per heavy atom. The molecule has 1 aliphatic rings. The van der Waals surface area contributed by atoms with Crippen molar-refractivity contribution in [3.05, 3.63) is 23.4 Å². The molecule has 1 fully saturated rings. The minimum Gasteiger partial charge on any atom is -0.300 e. The summed E-state index contributed by atoms with van der Waals surface area (Å²) in [6.45, 7) is 0. The number of aromatic nitrogens is 1. The molecule has 0 aromatic carbocycles. The molecule has 0 bridgehead atoms. The van der Waals surface area contributed by atoms with E-state index in [1.54, 1.807) is 18.0 Å². The number of pyridine rings is 1. The minimum atomic E-state index is 0.382. The quantitative estimate of drug-likeness (QED) is 0.796. The van der Waals surface area contributed by atoms with E-state index in [1.165, 1.54) is 0 Å². The van der Waals surface area contributed by atoms with Crippen LogP contribution in [0.25, 0.3) is 0 Å². The number of nitrogens with zero attached hydrogens (tertiary/aromatic N) is 1. The molecule has 1 saturated carbocycles. The first-order valence-electron chi connectivity index (χ1n) is 5.04. The van der Waals surface area contributed by atoms with Gasteiger partial charge in [0, 0.05) is 24.3 Å². The number of rotatable bonds is 2. The predicted octanol–water partition coefficient (Wildman–Crippen LogP) is 3.34. The molecule has 1 atom stereocenters. The summed E-state index contributed by atoms with van der Waals surface area (Å²) < 4.78 is 0. The largest absolute Gasteiger partial charge is 0.300 e. The van der Waals surface area contributed by atoms with E-state index in [0.717, 1.165) is 24.3 Å². The second-order valence-corrected chi connectivity index (χ2v) is 5.45. The Morgan fingerprint density at radius 3 is 3.00 bits per heavy atom. The molecule has 0 spiro atoms. The Hall–Kier alpha value is -0.540. The summed E-state index contributed by atoms with van der Waals surface area (Å²) in [4.78, 5) is 15.5. The SMILES string of the molecule is O=C1CCCC(Sc2ccc(Cl)cn2)C1. The normalized spacial score (nSPS) is 21.7. The number of carbonyl (C=O) groups is 1. The van der Waals surface area contributed by atoms with E-state index in [9.17, 15) is 4.79 Å². The van der Waals surface area contributed by atoms with Crippen LogP contribution in [-0.4, -0.2) is 16.0 Å². The maximum atomic E-state index is 11.3. The Balaban J connectivity index is 1.96. The fraction of sp³-hybridized carbons (Fsp3) is 0.455. The average molecular weight is 242 g/mol. The second kappa shape index (κ2) is 4.99. The molecule has 0 N–H and O–H groups in total. The van der Waals surface area contributed by atoms with Gasteiger partial charge in [-0.3, -0.25) is 4.79 Å². The molecule has 0 saturated heterocycles. The molecule has 1 aliphatic carbocycles. The van der Waals surface area contributed by atoms with Gasteiger partial charge in [0.25, 0.3) is 0 Å². The van der Waals surface area contributed by atoms with Crippen molar-refractivity contribution in [3.8, 4) is 0 Å². The van der Waals surface area contributed by atoms with Crippen LogP contribution in [0.2, 0.25) is 5.02 Å². The second-order valence-electron chi connectivity index (χ2n) is 3.69. The number of halogens is 1. The van der Waals surface area contributed by atoms with E-state index in [2.05, 4.69) is 4.98 Å². The summed E-state index contributed by atoms with van der Waals surface area (Å²) in [5, 5.41) is 2.01. The van der Waals surface area contributed by atoms with Gasteiger partial charge in [0.05, 0.1) is 10.0 Å². The van der Waals surface area contributed by atoms with E-state index in [-0.39, 0.29) is 0 Å². The summed E-state index contributed by atoms with van der Waals surface area (Å²) in [6.07, 6.45) is 5.22. The number of hydrogen-bond donors (Lipinski definition) is 0. The van der Waals surface area contributed by atoms with E-state index in [1.807, 2.05) is 12.1 Å². The van der Waals surface area contributed by atoms with Crippen LogP contribution in [0.1, 0.15) is 25.7 Å². The molecular weight excluding hydrogens is 230 g/mol. The van der Waals surface area contributed by atoms with Crippen LogP contribution in [-0.2, 0) is 4.79 Å². The molecule has 1 heterocycles. The van der Waals surface area contributed by atoms with Gasteiger partial charge in [-0.05, 0) is 25.0 Å². The number of ketones is 1. The first-order valence-corrected chi connectivity index (χ1v) is 6.30. The Morgan fingerprint density at radius 2 is 2.33 bits per heavy atom. The lowest BCUT2D eigenvalue weighted by atomic mass is 9.99. The minimum absolute atomic E-state index is 0.382. The highest BCUT2D eigenvalue weighted by atomic mass is 35.5. The molecular formula is C11H12ClNOS. The van der Waals surface area contributed by atoms with E-state index >= 15 is 0 Å². The fourth-order valence-electron chi connectivity index (χ4n) is 1.69. The molecule has 15 heavy (non-hydrogen) atoms. The Bertz CT molecular complexity index is 352. The molecule has 0 amide bonds. The highest BCUT2D eigenvalue weighted by Crippen LogP contribution is 2.31. The van der Waals surface area contributed by atoms with Crippen molar-refractivity contribution in [2.45, 2.75) is 36.0 Å². The van der Waals surface area contributed by atoms with Gasteiger partial charge in [0.1, 0.15) is 5.78 Å². The summed E-state index contributed by atoms with van der Waals surface area (Å²) >= 11 is 7.44. The summed E-state index contributed by atoms with van der Waals surface area (Å²) in [5.41, 5.74) is 0. The maximum Gasteiger partial charge on any atom is 0.134 e. The van der Waals surface area contributed by atoms with Gasteiger partial charge in [-0.15, -0.1) is 11.8 Å². The third kappa shape index (κ3) is 3.21. The maximum absolute atomic E-state index is 11.3. The smallest absolute Gasteiger partial charge is 0.134 e. The topological polar surface area (TPSA) is 30.0 Å². The Kier molecular flexibility index (Phi) is 3.65. The van der Waals surface area contributed by atoms with Crippen molar-refractivity contribution in [2.75, 3.05) is 0 Å². The van der Waals surface area contributed by atoms with Crippen molar-refractivity contribution < 1.29 is 4.79 Å². The monoisotopic (exact) mass is 241 g/mol. The van der Waals surface area contributed by atoms with Crippen LogP contribution in [0.4, 0.5) is 0 Å². The Labute approximate surface area is 98.4 Å². The highest BCUT2D eigenvalue weighted by molar-refractivity contribution is 7.99. The third-order valence-electron chi connectivity index (χ3n) is 2.42. The van der Waals surface area contributed by atoms with Gasteiger partial charge in [-0.25, -0.2) is 4.98 Å². The molecule has 1 aromatic heterocycles. The zero-order valence-corrected chi connectivity index (χ0v) is 9.85. The lowest BCUT2D eigenvalue weighted by Crippen LogP contribution is -2.16. The lowest BCUT2D eigenvalue weighted by molar-refractivity contribution is -0.120.